The first-order valence-corrected chi connectivity index (χ1v) is 11.5. The van der Waals surface area contributed by atoms with Crippen molar-refractivity contribution in [3.8, 4) is 0 Å². The number of nitrogens with zero attached hydrogens (tertiary/aromatic N) is 1. The van der Waals surface area contributed by atoms with Gasteiger partial charge in [0.1, 0.15) is 0 Å². The highest BCUT2D eigenvalue weighted by molar-refractivity contribution is 7.99. The van der Waals surface area contributed by atoms with E-state index in [-0.39, 0.29) is 5.78 Å². The van der Waals surface area contributed by atoms with Crippen LogP contribution in [0.25, 0.3) is 6.08 Å². The Morgan fingerprint density at radius 2 is 1.64 bits per heavy atom. The number of thioether (sulfide) groups is 1. The summed E-state index contributed by atoms with van der Waals surface area (Å²) in [4.78, 5) is 16.1. The van der Waals surface area contributed by atoms with Crippen LogP contribution in [0.4, 0.5) is 0 Å². The lowest BCUT2D eigenvalue weighted by Crippen LogP contribution is -2.30. The molecule has 2 aromatic rings. The van der Waals surface area contributed by atoms with Crippen molar-refractivity contribution in [2.75, 3.05) is 25.4 Å². The molecule has 2 aromatic carbocycles. The van der Waals surface area contributed by atoms with Crippen molar-refractivity contribution < 1.29 is 4.79 Å². The Hall–Kier alpha value is -1.84. The summed E-state index contributed by atoms with van der Waals surface area (Å²) in [5.74, 6) is 1.23. The van der Waals surface area contributed by atoms with E-state index < -0.39 is 0 Å². The molecule has 1 aliphatic heterocycles. The molecule has 0 spiro atoms. The lowest BCUT2D eigenvalue weighted by Gasteiger charge is -2.26. The molecule has 0 N–H and O–H groups in total. The molecule has 0 aromatic heterocycles. The highest BCUT2D eigenvalue weighted by atomic mass is 32.2. The van der Waals surface area contributed by atoms with Gasteiger partial charge in [-0.3, -0.25) is 4.79 Å². The molecule has 1 saturated heterocycles. The Morgan fingerprint density at radius 3 is 2.39 bits per heavy atom. The summed E-state index contributed by atoms with van der Waals surface area (Å²) in [7, 11) is 0. The van der Waals surface area contributed by atoms with E-state index in [0.717, 1.165) is 11.1 Å². The van der Waals surface area contributed by atoms with E-state index in [9.17, 15) is 4.79 Å². The summed E-state index contributed by atoms with van der Waals surface area (Å²) in [6.07, 6.45) is 11.7. The van der Waals surface area contributed by atoms with E-state index >= 15 is 0 Å². The molecule has 28 heavy (non-hydrogen) atoms. The summed E-state index contributed by atoms with van der Waals surface area (Å²) in [6, 6.07) is 17.9. The normalized spacial score (nSPS) is 15.1. The molecule has 0 saturated carbocycles. The molecule has 1 fully saturated rings. The number of carbonyl (C=O) groups excluding carboxylic acids is 1. The molecule has 1 heterocycles. The van der Waals surface area contributed by atoms with Crippen LogP contribution in [0.5, 0.6) is 0 Å². The molecule has 0 atom stereocenters. The minimum absolute atomic E-state index is 0.0450. The van der Waals surface area contributed by atoms with Gasteiger partial charge in [-0.2, -0.15) is 0 Å². The van der Waals surface area contributed by atoms with Gasteiger partial charge in [-0.1, -0.05) is 61.4 Å². The van der Waals surface area contributed by atoms with Gasteiger partial charge in [-0.15, -0.1) is 11.8 Å². The van der Waals surface area contributed by atoms with Crippen LogP contribution >= 0.6 is 11.8 Å². The van der Waals surface area contributed by atoms with Crippen LogP contribution in [0.2, 0.25) is 0 Å². The Morgan fingerprint density at radius 1 is 0.893 bits per heavy atom. The first kappa shape index (κ1) is 20.9. The third-order valence-electron chi connectivity index (χ3n) is 5.20. The van der Waals surface area contributed by atoms with Crippen LogP contribution in [0, 0.1) is 0 Å². The van der Waals surface area contributed by atoms with Crippen molar-refractivity contribution in [1.29, 1.82) is 0 Å². The SMILES string of the molecule is O=C(/C=C/c1ccc(SCCCCCN2CCCCC2)cc1)c1ccccc1. The summed E-state index contributed by atoms with van der Waals surface area (Å²) in [5.41, 5.74) is 1.79. The van der Waals surface area contributed by atoms with Gasteiger partial charge < -0.3 is 4.90 Å². The number of ketones is 1. The summed E-state index contributed by atoms with van der Waals surface area (Å²) in [5, 5.41) is 0. The zero-order valence-electron chi connectivity index (χ0n) is 16.7. The predicted molar refractivity (Wildman–Crippen MR) is 121 cm³/mol. The van der Waals surface area contributed by atoms with E-state index in [1.165, 1.54) is 68.8 Å². The van der Waals surface area contributed by atoms with Gasteiger partial charge in [-0.25, -0.2) is 0 Å². The van der Waals surface area contributed by atoms with Crippen LogP contribution in [0.1, 0.15) is 54.4 Å². The Balaban J connectivity index is 1.33. The number of hydrogen-bond donors (Lipinski definition) is 0. The number of allylic oxidation sites excluding steroid dienone is 1. The van der Waals surface area contributed by atoms with Crippen molar-refractivity contribution in [2.24, 2.45) is 0 Å². The average Bonchev–Trinajstić information content (AvgIpc) is 2.76. The van der Waals surface area contributed by atoms with Gasteiger partial charge in [-0.05, 0) is 74.8 Å². The minimum atomic E-state index is 0.0450. The molecule has 0 aliphatic carbocycles. The smallest absolute Gasteiger partial charge is 0.185 e. The zero-order chi connectivity index (χ0) is 19.4. The van der Waals surface area contributed by atoms with E-state index in [0.29, 0.717) is 0 Å². The number of piperidine rings is 1. The third kappa shape index (κ3) is 7.29. The second-order valence-electron chi connectivity index (χ2n) is 7.44. The van der Waals surface area contributed by atoms with E-state index in [1.54, 1.807) is 6.08 Å². The van der Waals surface area contributed by atoms with Crippen LogP contribution in [-0.4, -0.2) is 36.1 Å². The van der Waals surface area contributed by atoms with Gasteiger partial charge >= 0.3 is 0 Å². The molecule has 3 rings (SSSR count). The second-order valence-corrected chi connectivity index (χ2v) is 8.61. The highest BCUT2D eigenvalue weighted by Gasteiger charge is 2.08. The topological polar surface area (TPSA) is 20.3 Å². The van der Waals surface area contributed by atoms with E-state index in [1.807, 2.05) is 48.2 Å². The number of rotatable bonds is 10. The van der Waals surface area contributed by atoms with Crippen molar-refractivity contribution in [1.82, 2.24) is 4.90 Å². The highest BCUT2D eigenvalue weighted by Crippen LogP contribution is 2.21. The molecule has 2 nitrogen and oxygen atoms in total. The van der Waals surface area contributed by atoms with Crippen molar-refractivity contribution in [2.45, 2.75) is 43.4 Å². The summed E-state index contributed by atoms with van der Waals surface area (Å²) < 4.78 is 0. The fourth-order valence-corrected chi connectivity index (χ4v) is 4.45. The van der Waals surface area contributed by atoms with Crippen molar-refractivity contribution in [3.05, 3.63) is 71.8 Å². The monoisotopic (exact) mass is 393 g/mol. The van der Waals surface area contributed by atoms with E-state index in [2.05, 4.69) is 29.2 Å². The Labute approximate surface area is 174 Å². The van der Waals surface area contributed by atoms with Crippen molar-refractivity contribution >= 4 is 23.6 Å². The fourth-order valence-electron chi connectivity index (χ4n) is 3.53. The molecule has 0 radical (unpaired) electrons. The number of unbranched alkanes of at least 4 members (excludes halogenated alkanes) is 2. The average molecular weight is 394 g/mol. The Bertz CT molecular complexity index is 733. The molecule has 1 aliphatic rings. The molecular formula is C25H31NOS. The van der Waals surface area contributed by atoms with E-state index in [4.69, 9.17) is 0 Å². The maximum Gasteiger partial charge on any atom is 0.185 e. The van der Waals surface area contributed by atoms with Crippen LogP contribution in [-0.2, 0) is 0 Å². The van der Waals surface area contributed by atoms with Crippen LogP contribution in [0.3, 0.4) is 0 Å². The minimum Gasteiger partial charge on any atom is -0.303 e. The third-order valence-corrected chi connectivity index (χ3v) is 6.30. The maximum absolute atomic E-state index is 12.1. The van der Waals surface area contributed by atoms with Gasteiger partial charge in [0.25, 0.3) is 0 Å². The largest absolute Gasteiger partial charge is 0.303 e. The molecule has 3 heteroatoms. The number of carbonyl (C=O) groups is 1. The fraction of sp³-hybridized carbons (Fsp3) is 0.400. The molecule has 0 amide bonds. The van der Waals surface area contributed by atoms with Gasteiger partial charge in [0, 0.05) is 10.5 Å². The summed E-state index contributed by atoms with van der Waals surface area (Å²) >= 11 is 1.93. The van der Waals surface area contributed by atoms with Crippen molar-refractivity contribution in [3.63, 3.8) is 0 Å². The Kier molecular flexibility index (Phi) is 8.86. The predicted octanol–water partition coefficient (Wildman–Crippen LogP) is 6.33. The van der Waals surface area contributed by atoms with Gasteiger partial charge in [0.05, 0.1) is 0 Å². The van der Waals surface area contributed by atoms with Crippen LogP contribution in [0.15, 0.2) is 65.6 Å². The molecule has 148 valence electrons. The lowest BCUT2D eigenvalue weighted by molar-refractivity contribution is 0.104. The molecular weight excluding hydrogens is 362 g/mol. The standard InChI is InChI=1S/C25H31NOS/c27-25(23-10-4-1-5-11-23)17-14-22-12-15-24(16-13-22)28-21-9-3-8-20-26-18-6-2-7-19-26/h1,4-5,10-17H,2-3,6-9,18-21H2/b17-14+. The quantitative estimate of drug-likeness (QED) is 0.204. The zero-order valence-corrected chi connectivity index (χ0v) is 17.5. The number of hydrogen-bond acceptors (Lipinski definition) is 3. The van der Waals surface area contributed by atoms with Gasteiger partial charge in [0.2, 0.25) is 0 Å². The maximum atomic E-state index is 12.1. The lowest BCUT2D eigenvalue weighted by atomic mass is 10.1. The first-order chi connectivity index (χ1) is 13.8. The number of likely N-dealkylation sites (tertiary alicyclic amines) is 1. The van der Waals surface area contributed by atoms with Crippen LogP contribution < -0.4 is 0 Å². The molecule has 0 unspecified atom stereocenters. The second kappa shape index (κ2) is 11.9. The number of benzene rings is 2. The first-order valence-electron chi connectivity index (χ1n) is 10.5. The van der Waals surface area contributed by atoms with Gasteiger partial charge in [0.15, 0.2) is 5.78 Å². The summed E-state index contributed by atoms with van der Waals surface area (Å²) in [6.45, 7) is 3.91. The molecule has 0 bridgehead atoms.